The summed E-state index contributed by atoms with van der Waals surface area (Å²) in [6.07, 6.45) is 1.53. The number of amides is 1. The summed E-state index contributed by atoms with van der Waals surface area (Å²) in [6, 6.07) is 5.95. The summed E-state index contributed by atoms with van der Waals surface area (Å²) in [5, 5.41) is 9.39. The molecule has 28 heavy (non-hydrogen) atoms. The average molecular weight is 387 g/mol. The smallest absolute Gasteiger partial charge is 0.409 e. The Bertz CT molecular complexity index is 1000. The van der Waals surface area contributed by atoms with E-state index in [1.165, 1.54) is 12.0 Å². The lowest BCUT2D eigenvalue weighted by Crippen LogP contribution is -2.43. The van der Waals surface area contributed by atoms with Gasteiger partial charge in [0.15, 0.2) is 5.67 Å². The Morgan fingerprint density at radius 1 is 1.32 bits per heavy atom. The molecule has 3 heterocycles. The summed E-state index contributed by atoms with van der Waals surface area (Å²) in [5.41, 5.74) is -0.0553. The molecule has 3 aromatic rings. The van der Waals surface area contributed by atoms with Crippen molar-refractivity contribution in [1.29, 1.82) is 0 Å². The molecule has 1 fully saturated rings. The number of rotatable bonds is 3. The summed E-state index contributed by atoms with van der Waals surface area (Å²) in [5.74, 6) is 0.283. The molecule has 0 N–H and O–H groups in total. The van der Waals surface area contributed by atoms with E-state index in [2.05, 4.69) is 33.8 Å². The first-order valence-corrected chi connectivity index (χ1v) is 9.25. The van der Waals surface area contributed by atoms with Crippen molar-refractivity contribution in [2.75, 3.05) is 20.2 Å². The third kappa shape index (κ3) is 3.10. The van der Waals surface area contributed by atoms with Crippen LogP contribution in [0.5, 0.6) is 0 Å². The molecule has 4 rings (SSSR count). The number of carbonyl (C=O) groups excluding carboxylic acids is 1. The van der Waals surface area contributed by atoms with Crippen LogP contribution in [0.3, 0.4) is 0 Å². The van der Waals surface area contributed by atoms with Gasteiger partial charge in [-0.15, -0.1) is 0 Å². The van der Waals surface area contributed by atoms with Crippen LogP contribution in [0, 0.1) is 0 Å². The summed E-state index contributed by atoms with van der Waals surface area (Å²) < 4.78 is 27.2. The minimum absolute atomic E-state index is 0.0514. The van der Waals surface area contributed by atoms with Gasteiger partial charge in [0, 0.05) is 42.9 Å². The molecule has 148 valence electrons. The summed E-state index contributed by atoms with van der Waals surface area (Å²) in [6.45, 7) is 4.58. The predicted molar refractivity (Wildman–Crippen MR) is 99.4 cm³/mol. The molecule has 9 heteroatoms. The van der Waals surface area contributed by atoms with E-state index in [0.717, 1.165) is 16.5 Å². The van der Waals surface area contributed by atoms with Crippen molar-refractivity contribution in [3.05, 3.63) is 30.3 Å². The van der Waals surface area contributed by atoms with Crippen molar-refractivity contribution >= 4 is 17.0 Å². The number of ether oxygens (including phenoxy) is 1. The largest absolute Gasteiger partial charge is 0.453 e. The molecule has 0 aliphatic carbocycles. The molecule has 1 aromatic carbocycles. The summed E-state index contributed by atoms with van der Waals surface area (Å²) >= 11 is 0. The van der Waals surface area contributed by atoms with Crippen LogP contribution in [-0.2, 0) is 10.4 Å². The zero-order valence-corrected chi connectivity index (χ0v) is 16.1. The number of methoxy groups -OCH3 is 1. The Kier molecular flexibility index (Phi) is 4.52. The van der Waals surface area contributed by atoms with E-state index in [9.17, 15) is 4.79 Å². The topological polar surface area (TPSA) is 86.3 Å². The van der Waals surface area contributed by atoms with Gasteiger partial charge in [0.25, 0.3) is 5.89 Å². The number of carbonyl (C=O) groups is 1. The third-order valence-corrected chi connectivity index (χ3v) is 5.14. The number of piperidine rings is 1. The predicted octanol–water partition coefficient (Wildman–Crippen LogP) is 3.69. The van der Waals surface area contributed by atoms with Gasteiger partial charge in [-0.25, -0.2) is 9.18 Å². The number of aromatic nitrogens is 4. The number of hydrogen-bond acceptors (Lipinski definition) is 6. The maximum Gasteiger partial charge on any atom is 0.409 e. The van der Waals surface area contributed by atoms with Gasteiger partial charge in [0.05, 0.1) is 18.8 Å². The first-order valence-electron chi connectivity index (χ1n) is 9.25. The second-order valence-corrected chi connectivity index (χ2v) is 7.30. The molecule has 0 spiro atoms. The third-order valence-electron chi connectivity index (χ3n) is 5.14. The maximum absolute atomic E-state index is 15.4. The number of alkyl halides is 1. The molecule has 1 aliphatic rings. The van der Waals surface area contributed by atoms with Crippen molar-refractivity contribution in [1.82, 2.24) is 24.8 Å². The van der Waals surface area contributed by atoms with Gasteiger partial charge in [-0.05, 0) is 19.9 Å². The van der Waals surface area contributed by atoms with Gasteiger partial charge in [0.1, 0.15) is 0 Å². The normalized spacial score (nSPS) is 16.7. The monoisotopic (exact) mass is 387 g/mol. The number of hydrogen-bond donors (Lipinski definition) is 0. The maximum atomic E-state index is 15.4. The van der Waals surface area contributed by atoms with Crippen LogP contribution < -0.4 is 0 Å². The molecular weight excluding hydrogens is 365 g/mol. The Balaban J connectivity index is 1.59. The lowest BCUT2D eigenvalue weighted by Gasteiger charge is -2.33. The van der Waals surface area contributed by atoms with Crippen LogP contribution in [-0.4, -0.2) is 51.1 Å². The molecule has 1 aliphatic heterocycles. The van der Waals surface area contributed by atoms with Crippen LogP contribution >= 0.6 is 0 Å². The molecule has 0 bridgehead atoms. The van der Waals surface area contributed by atoms with Crippen LogP contribution in [0.4, 0.5) is 9.18 Å². The van der Waals surface area contributed by atoms with E-state index in [4.69, 9.17) is 4.52 Å². The first-order chi connectivity index (χ1) is 13.4. The molecule has 1 saturated heterocycles. The van der Waals surface area contributed by atoms with E-state index in [-0.39, 0.29) is 37.9 Å². The second-order valence-electron chi connectivity index (χ2n) is 7.30. The summed E-state index contributed by atoms with van der Waals surface area (Å²) in [4.78, 5) is 17.4. The quantitative estimate of drug-likeness (QED) is 0.681. The van der Waals surface area contributed by atoms with E-state index >= 15 is 4.39 Å². The van der Waals surface area contributed by atoms with Crippen LogP contribution in [0.15, 0.2) is 28.9 Å². The molecule has 0 saturated carbocycles. The number of benzene rings is 1. The second kappa shape index (κ2) is 6.88. The number of likely N-dealkylation sites (tertiary alicyclic amines) is 1. The van der Waals surface area contributed by atoms with Crippen molar-refractivity contribution in [2.45, 2.75) is 38.4 Å². The van der Waals surface area contributed by atoms with Gasteiger partial charge in [-0.3, -0.25) is 4.68 Å². The summed E-state index contributed by atoms with van der Waals surface area (Å²) in [7, 11) is 1.31. The van der Waals surface area contributed by atoms with Gasteiger partial charge < -0.3 is 14.2 Å². The lowest BCUT2D eigenvalue weighted by atomic mass is 9.93. The molecule has 0 atom stereocenters. The van der Waals surface area contributed by atoms with E-state index in [0.29, 0.717) is 5.82 Å². The van der Waals surface area contributed by atoms with Gasteiger partial charge in [-0.2, -0.15) is 10.1 Å². The molecule has 8 nitrogen and oxygen atoms in total. The average Bonchev–Trinajstić information content (AvgIpc) is 3.35. The van der Waals surface area contributed by atoms with Crippen LogP contribution in [0.1, 0.15) is 38.6 Å². The highest BCUT2D eigenvalue weighted by atomic mass is 19.1. The Morgan fingerprint density at radius 3 is 2.75 bits per heavy atom. The Hall–Kier alpha value is -2.97. The highest BCUT2D eigenvalue weighted by Crippen LogP contribution is 2.37. The fourth-order valence-electron chi connectivity index (χ4n) is 3.50. The van der Waals surface area contributed by atoms with Crippen LogP contribution in [0.2, 0.25) is 0 Å². The van der Waals surface area contributed by atoms with E-state index < -0.39 is 11.8 Å². The van der Waals surface area contributed by atoms with Crippen molar-refractivity contribution < 1.29 is 18.4 Å². The minimum Gasteiger partial charge on any atom is -0.453 e. The minimum atomic E-state index is -1.75. The van der Waals surface area contributed by atoms with Gasteiger partial charge >= 0.3 is 6.09 Å². The zero-order chi connectivity index (χ0) is 19.9. The van der Waals surface area contributed by atoms with Gasteiger partial charge in [0.2, 0.25) is 5.82 Å². The SMILES string of the molecule is COC(=O)N1CCC(F)(c2nc(-c3ccc4cnn(C(C)C)c4c3)no2)CC1. The number of halogens is 1. The van der Waals surface area contributed by atoms with E-state index in [1.807, 2.05) is 29.1 Å². The van der Waals surface area contributed by atoms with E-state index in [1.54, 1.807) is 0 Å². The molecule has 1 amide bonds. The Morgan fingerprint density at radius 2 is 2.07 bits per heavy atom. The molecule has 2 aromatic heterocycles. The fourth-order valence-corrected chi connectivity index (χ4v) is 3.50. The lowest BCUT2D eigenvalue weighted by molar-refractivity contribution is 0.0261. The fraction of sp³-hybridized carbons (Fsp3) is 0.474. The van der Waals surface area contributed by atoms with Crippen molar-refractivity contribution in [3.8, 4) is 11.4 Å². The number of fused-ring (bicyclic) bond motifs is 1. The number of nitrogens with zero attached hydrogens (tertiary/aromatic N) is 5. The first kappa shape index (κ1) is 18.4. The van der Waals surface area contributed by atoms with Crippen molar-refractivity contribution in [3.63, 3.8) is 0 Å². The highest BCUT2D eigenvalue weighted by Gasteiger charge is 2.42. The standard InChI is InChI=1S/C19H22FN5O3/c1-12(2)25-15-10-13(4-5-14(15)11-21-25)16-22-17(28-23-16)19(20)6-8-24(9-7-19)18(26)27-3/h4-5,10-12H,6-9H2,1-3H3. The van der Waals surface area contributed by atoms with Gasteiger partial charge in [-0.1, -0.05) is 17.3 Å². The molecule has 0 unspecified atom stereocenters. The van der Waals surface area contributed by atoms with Crippen molar-refractivity contribution in [2.24, 2.45) is 0 Å². The molecule has 0 radical (unpaired) electrons. The Labute approximate surface area is 161 Å². The highest BCUT2D eigenvalue weighted by molar-refractivity contribution is 5.83. The molecular formula is C19H22FN5O3. The zero-order valence-electron chi connectivity index (χ0n) is 16.1. The van der Waals surface area contributed by atoms with Crippen LogP contribution in [0.25, 0.3) is 22.3 Å².